The van der Waals surface area contributed by atoms with Crippen molar-refractivity contribution in [3.63, 3.8) is 0 Å². The molecule has 1 fully saturated rings. The predicted molar refractivity (Wildman–Crippen MR) is 66.8 cm³/mol. The maximum Gasteiger partial charge on any atom is 0.324 e. The van der Waals surface area contributed by atoms with Crippen LogP contribution in [0.2, 0.25) is 0 Å². The lowest BCUT2D eigenvalue weighted by Gasteiger charge is -2.17. The Balaban J connectivity index is 2.04. The molecule has 1 aromatic carbocycles. The molecule has 1 aliphatic rings. The van der Waals surface area contributed by atoms with Gasteiger partial charge in [-0.05, 0) is 19.1 Å². The summed E-state index contributed by atoms with van der Waals surface area (Å²) in [5.74, 6) is -0.647. The van der Waals surface area contributed by atoms with Gasteiger partial charge in [0.25, 0.3) is 0 Å². The van der Waals surface area contributed by atoms with Crippen LogP contribution in [0.3, 0.4) is 0 Å². The number of carbonyl (C=O) groups excluding carboxylic acids is 2. The molecule has 0 aromatic heterocycles. The Kier molecular flexibility index (Phi) is 3.86. The molecule has 3 amide bonds. The second kappa shape index (κ2) is 5.39. The Hall–Kier alpha value is -1.56. The van der Waals surface area contributed by atoms with E-state index in [1.807, 2.05) is 0 Å². The third-order valence-electron chi connectivity index (χ3n) is 2.61. The molecule has 1 aromatic rings. The lowest BCUT2D eigenvalue weighted by Crippen LogP contribution is -2.38. The molecular formula is C12H13FN2O2S. The van der Waals surface area contributed by atoms with Gasteiger partial charge >= 0.3 is 6.03 Å². The highest BCUT2D eigenvalue weighted by atomic mass is 32.2. The van der Waals surface area contributed by atoms with Crippen molar-refractivity contribution in [1.82, 2.24) is 10.2 Å². The first-order chi connectivity index (χ1) is 8.59. The Labute approximate surface area is 109 Å². The fourth-order valence-corrected chi connectivity index (χ4v) is 2.63. The first kappa shape index (κ1) is 12.9. The van der Waals surface area contributed by atoms with Crippen molar-refractivity contribution in [2.75, 3.05) is 13.1 Å². The van der Waals surface area contributed by atoms with Crippen molar-refractivity contribution in [2.24, 2.45) is 0 Å². The topological polar surface area (TPSA) is 49.4 Å². The number of amides is 3. The Morgan fingerprint density at radius 2 is 2.22 bits per heavy atom. The van der Waals surface area contributed by atoms with E-state index in [0.29, 0.717) is 18.0 Å². The SMILES string of the molecule is C[C@H](Sc1ccccc1F)C(=O)N1CCNC1=O. The molecule has 6 heteroatoms. The van der Waals surface area contributed by atoms with E-state index in [1.165, 1.54) is 11.0 Å². The van der Waals surface area contributed by atoms with Gasteiger partial charge in [0.15, 0.2) is 0 Å². The summed E-state index contributed by atoms with van der Waals surface area (Å²) < 4.78 is 13.4. The molecule has 0 bridgehead atoms. The van der Waals surface area contributed by atoms with Crippen molar-refractivity contribution in [3.8, 4) is 0 Å². The van der Waals surface area contributed by atoms with Gasteiger partial charge in [0.1, 0.15) is 5.82 Å². The van der Waals surface area contributed by atoms with E-state index < -0.39 is 5.25 Å². The van der Waals surface area contributed by atoms with Gasteiger partial charge in [0.2, 0.25) is 5.91 Å². The van der Waals surface area contributed by atoms with Crippen LogP contribution >= 0.6 is 11.8 Å². The van der Waals surface area contributed by atoms with Crippen LogP contribution in [0, 0.1) is 5.82 Å². The third kappa shape index (κ3) is 2.64. The molecule has 96 valence electrons. The van der Waals surface area contributed by atoms with E-state index >= 15 is 0 Å². The van der Waals surface area contributed by atoms with E-state index in [0.717, 1.165) is 11.8 Å². The number of urea groups is 1. The zero-order valence-corrected chi connectivity index (χ0v) is 10.7. The number of thioether (sulfide) groups is 1. The molecule has 1 N–H and O–H groups in total. The summed E-state index contributed by atoms with van der Waals surface area (Å²) in [6.07, 6.45) is 0. The van der Waals surface area contributed by atoms with E-state index in [2.05, 4.69) is 5.32 Å². The standard InChI is InChI=1S/C12H13FN2O2S/c1-8(11(16)15-7-6-14-12(15)17)18-10-5-3-2-4-9(10)13/h2-5,8H,6-7H2,1H3,(H,14,17)/t8-/m0/s1. The van der Waals surface area contributed by atoms with Crippen molar-refractivity contribution in [1.29, 1.82) is 0 Å². The monoisotopic (exact) mass is 268 g/mol. The fraction of sp³-hybridized carbons (Fsp3) is 0.333. The number of hydrogen-bond acceptors (Lipinski definition) is 3. The van der Waals surface area contributed by atoms with Gasteiger partial charge in [-0.3, -0.25) is 9.69 Å². The molecule has 4 nitrogen and oxygen atoms in total. The van der Waals surface area contributed by atoms with Gasteiger partial charge in [-0.2, -0.15) is 0 Å². The predicted octanol–water partition coefficient (Wildman–Crippen LogP) is 1.86. The molecule has 1 saturated heterocycles. The fourth-order valence-electron chi connectivity index (χ4n) is 1.68. The number of carbonyl (C=O) groups is 2. The van der Waals surface area contributed by atoms with E-state index in [-0.39, 0.29) is 17.8 Å². The summed E-state index contributed by atoms with van der Waals surface area (Å²) in [6.45, 7) is 2.52. The summed E-state index contributed by atoms with van der Waals surface area (Å²) >= 11 is 1.12. The maximum absolute atomic E-state index is 13.4. The Morgan fingerprint density at radius 1 is 1.50 bits per heavy atom. The van der Waals surface area contributed by atoms with Gasteiger partial charge in [-0.15, -0.1) is 11.8 Å². The number of halogens is 1. The molecule has 0 radical (unpaired) electrons. The number of hydrogen-bond donors (Lipinski definition) is 1. The average Bonchev–Trinajstić information content (AvgIpc) is 2.77. The number of nitrogens with zero attached hydrogens (tertiary/aromatic N) is 1. The highest BCUT2D eigenvalue weighted by Gasteiger charge is 2.30. The Morgan fingerprint density at radius 3 is 2.83 bits per heavy atom. The summed E-state index contributed by atoms with van der Waals surface area (Å²) in [7, 11) is 0. The lowest BCUT2D eigenvalue weighted by atomic mass is 10.3. The smallest absolute Gasteiger partial charge is 0.324 e. The summed E-state index contributed by atoms with van der Waals surface area (Å²) in [5.41, 5.74) is 0. The van der Waals surface area contributed by atoms with Crippen molar-refractivity contribution in [3.05, 3.63) is 30.1 Å². The lowest BCUT2D eigenvalue weighted by molar-refractivity contribution is -0.126. The van der Waals surface area contributed by atoms with E-state index in [1.54, 1.807) is 25.1 Å². The molecule has 0 saturated carbocycles. The van der Waals surface area contributed by atoms with Crippen molar-refractivity contribution >= 4 is 23.7 Å². The number of imide groups is 1. The van der Waals surface area contributed by atoms with E-state index in [9.17, 15) is 14.0 Å². The molecule has 0 spiro atoms. The summed E-state index contributed by atoms with van der Waals surface area (Å²) in [5, 5.41) is 2.07. The van der Waals surface area contributed by atoms with Crippen LogP contribution in [0.5, 0.6) is 0 Å². The van der Waals surface area contributed by atoms with Crippen LogP contribution in [-0.2, 0) is 4.79 Å². The molecule has 1 heterocycles. The van der Waals surface area contributed by atoms with Gasteiger partial charge in [0, 0.05) is 18.0 Å². The minimum absolute atomic E-state index is 0.293. The van der Waals surface area contributed by atoms with Crippen LogP contribution in [0.1, 0.15) is 6.92 Å². The third-order valence-corrected chi connectivity index (χ3v) is 3.75. The van der Waals surface area contributed by atoms with E-state index in [4.69, 9.17) is 0 Å². The second-order valence-corrected chi connectivity index (χ2v) is 5.29. The normalized spacial score (nSPS) is 16.6. The zero-order chi connectivity index (χ0) is 13.1. The molecule has 0 unspecified atom stereocenters. The highest BCUT2D eigenvalue weighted by molar-refractivity contribution is 8.00. The molecule has 1 aliphatic heterocycles. The molecule has 18 heavy (non-hydrogen) atoms. The summed E-state index contributed by atoms with van der Waals surface area (Å²) in [6, 6.07) is 5.90. The number of rotatable bonds is 3. The average molecular weight is 268 g/mol. The highest BCUT2D eigenvalue weighted by Crippen LogP contribution is 2.27. The van der Waals surface area contributed by atoms with Gasteiger partial charge < -0.3 is 5.32 Å². The first-order valence-electron chi connectivity index (χ1n) is 5.60. The van der Waals surface area contributed by atoms with Gasteiger partial charge in [0.05, 0.1) is 5.25 Å². The Bertz CT molecular complexity index is 481. The first-order valence-corrected chi connectivity index (χ1v) is 6.48. The van der Waals surface area contributed by atoms with Crippen molar-refractivity contribution in [2.45, 2.75) is 17.1 Å². The minimum Gasteiger partial charge on any atom is -0.336 e. The number of nitrogens with one attached hydrogen (secondary N) is 1. The van der Waals surface area contributed by atoms with Crippen LogP contribution in [0.15, 0.2) is 29.2 Å². The van der Waals surface area contributed by atoms with Crippen LogP contribution in [-0.4, -0.2) is 35.2 Å². The summed E-state index contributed by atoms with van der Waals surface area (Å²) in [4.78, 5) is 24.9. The van der Waals surface area contributed by atoms with Gasteiger partial charge in [-0.1, -0.05) is 12.1 Å². The zero-order valence-electron chi connectivity index (χ0n) is 9.85. The van der Waals surface area contributed by atoms with Gasteiger partial charge in [-0.25, -0.2) is 9.18 Å². The molecule has 2 rings (SSSR count). The van der Waals surface area contributed by atoms with Crippen LogP contribution < -0.4 is 5.32 Å². The molecular weight excluding hydrogens is 255 g/mol. The quantitative estimate of drug-likeness (QED) is 0.851. The molecule has 0 aliphatic carbocycles. The second-order valence-electron chi connectivity index (χ2n) is 3.91. The maximum atomic E-state index is 13.4. The largest absolute Gasteiger partial charge is 0.336 e. The van der Waals surface area contributed by atoms with Crippen LogP contribution in [0.4, 0.5) is 9.18 Å². The van der Waals surface area contributed by atoms with Crippen molar-refractivity contribution < 1.29 is 14.0 Å². The van der Waals surface area contributed by atoms with Crippen LogP contribution in [0.25, 0.3) is 0 Å². The number of benzene rings is 1. The minimum atomic E-state index is -0.495. The molecule has 1 atom stereocenters.